The van der Waals surface area contributed by atoms with E-state index in [1.165, 1.54) is 0 Å². The molecule has 0 unspecified atom stereocenters. The molecular formula is C41H41Cl2FN6O6S. The zero-order chi connectivity index (χ0) is 39.8. The molecule has 2 aliphatic carbocycles. The number of hydrogen-bond donors (Lipinski definition) is 2. The van der Waals surface area contributed by atoms with Gasteiger partial charge in [0.25, 0.3) is 0 Å². The van der Waals surface area contributed by atoms with E-state index >= 15 is 4.39 Å². The molecule has 2 aliphatic heterocycles. The summed E-state index contributed by atoms with van der Waals surface area (Å²) in [5.41, 5.74) is 5.26. The van der Waals surface area contributed by atoms with Crippen LogP contribution < -0.4 is 9.46 Å². The highest BCUT2D eigenvalue weighted by molar-refractivity contribution is 7.91. The van der Waals surface area contributed by atoms with Crippen LogP contribution in [0.25, 0.3) is 44.9 Å². The average molecular weight is 836 g/mol. The predicted octanol–water partition coefficient (Wildman–Crippen LogP) is 6.95. The highest BCUT2D eigenvalue weighted by Crippen LogP contribution is 2.46. The molecule has 298 valence electrons. The minimum absolute atomic E-state index is 0.0419. The third-order valence-electron chi connectivity index (χ3n) is 12.1. The second-order valence-corrected chi connectivity index (χ2v) is 18.8. The lowest BCUT2D eigenvalue weighted by molar-refractivity contribution is -0.122. The van der Waals surface area contributed by atoms with Crippen molar-refractivity contribution in [2.45, 2.75) is 68.9 Å². The number of nitrogens with one attached hydrogen (secondary N) is 1. The Bertz CT molecular complexity index is 2550. The Morgan fingerprint density at radius 1 is 1.04 bits per heavy atom. The molecule has 1 saturated carbocycles. The maximum Gasteiger partial charge on any atom is 0.240 e. The quantitative estimate of drug-likeness (QED) is 0.151. The maximum atomic E-state index is 16.2. The van der Waals surface area contributed by atoms with Crippen LogP contribution in [-0.4, -0.2) is 88.3 Å². The number of ether oxygens (including phenoxy) is 1. The van der Waals surface area contributed by atoms with Crippen LogP contribution in [0.1, 0.15) is 61.9 Å². The number of carbonyl (C=O) groups excluding carboxylic acids is 1. The van der Waals surface area contributed by atoms with Gasteiger partial charge in [-0.2, -0.15) is 0 Å². The van der Waals surface area contributed by atoms with Crippen LogP contribution in [0.15, 0.2) is 53.1 Å². The third kappa shape index (κ3) is 6.87. The van der Waals surface area contributed by atoms with Crippen molar-refractivity contribution >= 4 is 50.2 Å². The Kier molecular flexibility index (Phi) is 9.81. The van der Waals surface area contributed by atoms with Gasteiger partial charge < -0.3 is 14.3 Å². The van der Waals surface area contributed by atoms with E-state index in [9.17, 15) is 18.3 Å². The monoisotopic (exact) mass is 834 g/mol. The van der Waals surface area contributed by atoms with Gasteiger partial charge in [0.2, 0.25) is 27.7 Å². The molecule has 1 amide bonds. The number of carbonyl (C=O) groups is 1. The Hall–Kier alpha value is -4.18. The van der Waals surface area contributed by atoms with Gasteiger partial charge in [0.05, 0.1) is 51.4 Å². The number of methoxy groups -OCH3 is 1. The molecule has 0 radical (unpaired) electrons. The van der Waals surface area contributed by atoms with Gasteiger partial charge >= 0.3 is 0 Å². The third-order valence-corrected chi connectivity index (χ3v) is 15.1. The SMILES string of the molecule is COc1nc(-c2cccc(-c3cccc(-c4nc5cc6c(c(F)c5o4)CC[C@H]6N4CC[C@@H](C(=O)NS(=O)(=O)C5(C)CC5)C4)c3Cl)c2Cl)cnc1CN1CC[C@@H](O)C1. The van der Waals surface area contributed by atoms with Gasteiger partial charge in [0, 0.05) is 48.9 Å². The minimum atomic E-state index is -3.72. The van der Waals surface area contributed by atoms with Crippen molar-refractivity contribution in [3.05, 3.63) is 81.3 Å². The van der Waals surface area contributed by atoms with Crippen LogP contribution in [0.5, 0.6) is 5.88 Å². The summed E-state index contributed by atoms with van der Waals surface area (Å²) in [6.07, 6.45) is 4.79. The fourth-order valence-electron chi connectivity index (χ4n) is 8.45. The predicted molar refractivity (Wildman–Crippen MR) is 214 cm³/mol. The van der Waals surface area contributed by atoms with Crippen molar-refractivity contribution < 1.29 is 31.9 Å². The number of rotatable bonds is 10. The van der Waals surface area contributed by atoms with E-state index in [1.54, 1.807) is 26.3 Å². The first kappa shape index (κ1) is 38.3. The number of fused-ring (bicyclic) bond motifs is 2. The number of benzene rings is 3. The van der Waals surface area contributed by atoms with E-state index in [0.29, 0.717) is 125 Å². The zero-order valence-electron chi connectivity index (χ0n) is 31.4. The highest BCUT2D eigenvalue weighted by Gasteiger charge is 2.51. The summed E-state index contributed by atoms with van der Waals surface area (Å²) in [7, 11) is -2.18. The summed E-state index contributed by atoms with van der Waals surface area (Å²) in [6.45, 7) is 4.46. The first-order valence-corrected chi connectivity index (χ1v) is 21.4. The Morgan fingerprint density at radius 2 is 1.75 bits per heavy atom. The van der Waals surface area contributed by atoms with Gasteiger partial charge in [0.1, 0.15) is 11.2 Å². The van der Waals surface area contributed by atoms with E-state index in [2.05, 4.69) is 19.5 Å². The van der Waals surface area contributed by atoms with Gasteiger partial charge in [-0.15, -0.1) is 0 Å². The van der Waals surface area contributed by atoms with Crippen molar-refractivity contribution in [2.75, 3.05) is 33.3 Å². The summed E-state index contributed by atoms with van der Waals surface area (Å²) in [4.78, 5) is 31.4. The fourth-order valence-corrected chi connectivity index (χ4v) is 10.4. The number of halogens is 3. The topological polar surface area (TPSA) is 151 Å². The number of amides is 1. The Labute approximate surface area is 339 Å². The number of aliphatic hydroxyl groups is 1. The smallest absolute Gasteiger partial charge is 0.240 e. The Balaban J connectivity index is 0.970. The fraction of sp³-hybridized carbons (Fsp3) is 0.415. The Morgan fingerprint density at radius 3 is 2.46 bits per heavy atom. The van der Waals surface area contributed by atoms with Crippen molar-refractivity contribution in [3.8, 4) is 39.7 Å². The molecule has 57 heavy (non-hydrogen) atoms. The lowest BCUT2D eigenvalue weighted by Crippen LogP contribution is -2.42. The first-order valence-electron chi connectivity index (χ1n) is 19.1. The second kappa shape index (κ2) is 14.6. The highest BCUT2D eigenvalue weighted by atomic mass is 35.5. The molecule has 0 bridgehead atoms. The molecule has 16 heteroatoms. The molecule has 3 fully saturated rings. The molecule has 12 nitrogen and oxygen atoms in total. The lowest BCUT2D eigenvalue weighted by Gasteiger charge is -2.25. The number of β-amino-alcohol motifs (C(OH)–C–C–N with tert-alkyl or cyclic N) is 1. The van der Waals surface area contributed by atoms with Crippen LogP contribution in [0.3, 0.4) is 0 Å². The minimum Gasteiger partial charge on any atom is -0.480 e. The van der Waals surface area contributed by atoms with Gasteiger partial charge in [-0.3, -0.25) is 24.3 Å². The normalized spacial score (nSPS) is 22.0. The van der Waals surface area contributed by atoms with E-state index in [-0.39, 0.29) is 23.6 Å². The molecule has 9 rings (SSSR count). The largest absolute Gasteiger partial charge is 0.480 e. The van der Waals surface area contributed by atoms with Crippen LogP contribution in [-0.2, 0) is 27.8 Å². The molecule has 5 aromatic rings. The molecular weight excluding hydrogens is 794 g/mol. The number of sulfonamides is 1. The van der Waals surface area contributed by atoms with Gasteiger partial charge in [0.15, 0.2) is 11.4 Å². The number of aliphatic hydroxyl groups excluding tert-OH is 1. The maximum absolute atomic E-state index is 16.2. The van der Waals surface area contributed by atoms with Crippen molar-refractivity contribution in [1.29, 1.82) is 0 Å². The van der Waals surface area contributed by atoms with Crippen LogP contribution in [0, 0.1) is 11.7 Å². The summed E-state index contributed by atoms with van der Waals surface area (Å²) in [6, 6.07) is 12.7. The standard InChI is InChI=1S/C41H41Cl2FN6O6S/c1-41(13-14-41)57(53,54)48-38(52)22-11-16-50(19-22)33-10-9-26-29(33)17-30-37(36(26)44)56-39(46-30)28-8-4-6-25(35(28)43)24-5-3-7-27(34(24)42)31-18-45-32(40(47-31)55-2)21-49-15-12-23(51)20-49/h3-8,17-18,22-23,33,51H,9-16,19-21H2,1-2H3,(H,48,52)/t22-,23-,33-/m1/s1. The molecule has 2 N–H and O–H groups in total. The lowest BCUT2D eigenvalue weighted by atomic mass is 9.99. The summed E-state index contributed by atoms with van der Waals surface area (Å²) < 4.78 is 54.7. The van der Waals surface area contributed by atoms with Crippen molar-refractivity contribution in [1.82, 2.24) is 29.5 Å². The van der Waals surface area contributed by atoms with Crippen molar-refractivity contribution in [3.63, 3.8) is 0 Å². The second-order valence-electron chi connectivity index (χ2n) is 15.8. The number of likely N-dealkylation sites (tertiary alicyclic amines) is 2. The van der Waals surface area contributed by atoms with Crippen LogP contribution in [0.4, 0.5) is 4.39 Å². The molecule has 3 aromatic carbocycles. The summed E-state index contributed by atoms with van der Waals surface area (Å²) in [5, 5.41) is 10.7. The van der Waals surface area contributed by atoms with Crippen LogP contribution >= 0.6 is 23.2 Å². The molecule has 3 atom stereocenters. The molecule has 2 aromatic heterocycles. The van der Waals surface area contributed by atoms with Gasteiger partial charge in [-0.05, 0) is 75.3 Å². The molecule has 4 aliphatic rings. The molecule has 4 heterocycles. The average Bonchev–Trinajstić information content (AvgIpc) is 3.66. The number of nitrogens with zero attached hydrogens (tertiary/aromatic N) is 5. The molecule has 2 saturated heterocycles. The van der Waals surface area contributed by atoms with E-state index in [1.807, 2.05) is 36.4 Å². The number of oxazole rings is 1. The number of hydrogen-bond acceptors (Lipinski definition) is 11. The van der Waals surface area contributed by atoms with E-state index in [0.717, 1.165) is 12.1 Å². The van der Waals surface area contributed by atoms with Gasteiger partial charge in [-0.25, -0.2) is 22.8 Å². The van der Waals surface area contributed by atoms with Gasteiger partial charge in [-0.1, -0.05) is 53.5 Å². The molecule has 0 spiro atoms. The van der Waals surface area contributed by atoms with E-state index < -0.39 is 32.4 Å². The van der Waals surface area contributed by atoms with Crippen molar-refractivity contribution in [2.24, 2.45) is 5.92 Å². The first-order chi connectivity index (χ1) is 27.3. The number of aromatic nitrogens is 3. The zero-order valence-corrected chi connectivity index (χ0v) is 33.7. The van der Waals surface area contributed by atoms with E-state index in [4.69, 9.17) is 42.3 Å². The van der Waals surface area contributed by atoms with Crippen LogP contribution in [0.2, 0.25) is 10.0 Å². The summed E-state index contributed by atoms with van der Waals surface area (Å²) in [5.74, 6) is -0.885. The summed E-state index contributed by atoms with van der Waals surface area (Å²) >= 11 is 14.2.